The molecule has 0 aromatic heterocycles. The second kappa shape index (κ2) is 6.76. The summed E-state index contributed by atoms with van der Waals surface area (Å²) >= 11 is 1.85. The Labute approximate surface area is 101 Å². The smallest absolute Gasteiger partial charge is 0.244 e. The van der Waals surface area contributed by atoms with Gasteiger partial charge >= 0.3 is 0 Å². The van der Waals surface area contributed by atoms with Gasteiger partial charge in [-0.05, 0) is 31.3 Å². The highest BCUT2D eigenvalue weighted by Crippen LogP contribution is 2.26. The number of aliphatic hydroxyl groups is 1. The fourth-order valence-corrected chi connectivity index (χ4v) is 2.75. The molecule has 0 atom stereocenters. The summed E-state index contributed by atoms with van der Waals surface area (Å²) in [6, 6.07) is 0. The number of thioether (sulfide) groups is 1. The van der Waals surface area contributed by atoms with Crippen LogP contribution in [-0.4, -0.2) is 34.7 Å². The molecule has 1 saturated heterocycles. The van der Waals surface area contributed by atoms with E-state index in [1.807, 2.05) is 24.8 Å². The maximum Gasteiger partial charge on any atom is 0.244 e. The SMILES string of the molecule is CC=CC=CC(=O)NCC1(O)CCSCC1. The van der Waals surface area contributed by atoms with E-state index in [0.717, 1.165) is 24.3 Å². The van der Waals surface area contributed by atoms with Crippen LogP contribution in [0.1, 0.15) is 19.8 Å². The van der Waals surface area contributed by atoms with Crippen molar-refractivity contribution in [2.45, 2.75) is 25.4 Å². The average Bonchev–Trinajstić information content (AvgIpc) is 2.28. The van der Waals surface area contributed by atoms with Crippen LogP contribution in [0.3, 0.4) is 0 Å². The minimum absolute atomic E-state index is 0.148. The molecule has 1 fully saturated rings. The van der Waals surface area contributed by atoms with E-state index >= 15 is 0 Å². The minimum Gasteiger partial charge on any atom is -0.388 e. The Hall–Kier alpha value is -0.740. The molecule has 1 aliphatic heterocycles. The maximum atomic E-state index is 11.4. The predicted octanol–water partition coefficient (Wildman–Crippen LogP) is 1.49. The van der Waals surface area contributed by atoms with Crippen LogP contribution < -0.4 is 5.32 Å². The quantitative estimate of drug-likeness (QED) is 0.579. The van der Waals surface area contributed by atoms with Crippen molar-refractivity contribution < 1.29 is 9.90 Å². The first-order valence-electron chi connectivity index (χ1n) is 5.54. The van der Waals surface area contributed by atoms with Gasteiger partial charge in [-0.2, -0.15) is 11.8 Å². The maximum absolute atomic E-state index is 11.4. The molecular formula is C12H19NO2S. The fourth-order valence-electron chi connectivity index (χ4n) is 1.49. The zero-order chi connectivity index (χ0) is 11.9. The molecule has 1 amide bonds. The summed E-state index contributed by atoms with van der Waals surface area (Å²) in [7, 11) is 0. The molecule has 4 heteroatoms. The fraction of sp³-hybridized carbons (Fsp3) is 0.583. The number of hydrogen-bond acceptors (Lipinski definition) is 3. The molecule has 1 rings (SSSR count). The molecule has 0 radical (unpaired) electrons. The van der Waals surface area contributed by atoms with E-state index in [0.29, 0.717) is 6.54 Å². The molecule has 0 aromatic carbocycles. The van der Waals surface area contributed by atoms with Crippen LogP contribution in [0.15, 0.2) is 24.3 Å². The van der Waals surface area contributed by atoms with Gasteiger partial charge in [0, 0.05) is 12.6 Å². The first kappa shape index (κ1) is 13.3. The van der Waals surface area contributed by atoms with Gasteiger partial charge in [-0.25, -0.2) is 0 Å². The molecule has 0 aliphatic carbocycles. The average molecular weight is 241 g/mol. The summed E-state index contributed by atoms with van der Waals surface area (Å²) in [5, 5.41) is 12.9. The van der Waals surface area contributed by atoms with Crippen molar-refractivity contribution in [2.75, 3.05) is 18.1 Å². The summed E-state index contributed by atoms with van der Waals surface area (Å²) in [6.45, 7) is 2.25. The van der Waals surface area contributed by atoms with Gasteiger partial charge in [0.1, 0.15) is 0 Å². The van der Waals surface area contributed by atoms with Crippen molar-refractivity contribution in [1.29, 1.82) is 0 Å². The van der Waals surface area contributed by atoms with E-state index in [-0.39, 0.29) is 5.91 Å². The Bertz CT molecular complexity index is 281. The lowest BCUT2D eigenvalue weighted by Gasteiger charge is -2.31. The van der Waals surface area contributed by atoms with E-state index in [1.54, 1.807) is 12.2 Å². The van der Waals surface area contributed by atoms with Gasteiger partial charge < -0.3 is 10.4 Å². The molecule has 0 saturated carbocycles. The zero-order valence-electron chi connectivity index (χ0n) is 9.61. The Balaban J connectivity index is 2.30. The third-order valence-electron chi connectivity index (χ3n) is 2.57. The number of carbonyl (C=O) groups excluding carboxylic acids is 1. The zero-order valence-corrected chi connectivity index (χ0v) is 10.4. The van der Waals surface area contributed by atoms with Crippen molar-refractivity contribution in [1.82, 2.24) is 5.32 Å². The molecular weight excluding hydrogens is 222 g/mol. The van der Waals surface area contributed by atoms with Crippen molar-refractivity contribution >= 4 is 17.7 Å². The highest BCUT2D eigenvalue weighted by atomic mass is 32.2. The normalized spacial score (nSPS) is 20.4. The number of carbonyl (C=O) groups is 1. The van der Waals surface area contributed by atoms with Crippen LogP contribution in [0.4, 0.5) is 0 Å². The lowest BCUT2D eigenvalue weighted by Crippen LogP contribution is -2.44. The van der Waals surface area contributed by atoms with Crippen molar-refractivity contribution in [3.63, 3.8) is 0 Å². The van der Waals surface area contributed by atoms with E-state index in [1.165, 1.54) is 6.08 Å². The van der Waals surface area contributed by atoms with Crippen LogP contribution in [0.2, 0.25) is 0 Å². The van der Waals surface area contributed by atoms with Gasteiger partial charge in [-0.15, -0.1) is 0 Å². The highest BCUT2D eigenvalue weighted by molar-refractivity contribution is 7.99. The predicted molar refractivity (Wildman–Crippen MR) is 68.5 cm³/mol. The lowest BCUT2D eigenvalue weighted by atomic mass is 9.97. The second-order valence-corrected chi connectivity index (χ2v) is 5.16. The number of nitrogens with one attached hydrogen (secondary N) is 1. The number of rotatable bonds is 4. The van der Waals surface area contributed by atoms with Crippen LogP contribution in [0.5, 0.6) is 0 Å². The summed E-state index contributed by atoms with van der Waals surface area (Å²) in [5.41, 5.74) is -0.699. The lowest BCUT2D eigenvalue weighted by molar-refractivity contribution is -0.117. The van der Waals surface area contributed by atoms with Crippen LogP contribution >= 0.6 is 11.8 Å². The van der Waals surface area contributed by atoms with Gasteiger partial charge in [0.15, 0.2) is 0 Å². The summed E-state index contributed by atoms with van der Waals surface area (Å²) < 4.78 is 0. The Kier molecular flexibility index (Phi) is 5.63. The number of allylic oxidation sites excluding steroid dienone is 3. The molecule has 1 aliphatic rings. The van der Waals surface area contributed by atoms with Gasteiger partial charge in [0.25, 0.3) is 0 Å². The van der Waals surface area contributed by atoms with Gasteiger partial charge in [0.05, 0.1) is 5.60 Å². The monoisotopic (exact) mass is 241 g/mol. The van der Waals surface area contributed by atoms with Crippen LogP contribution in [-0.2, 0) is 4.79 Å². The molecule has 0 aromatic rings. The standard InChI is InChI=1S/C12H19NO2S/c1-2-3-4-5-11(14)13-10-12(15)6-8-16-9-7-12/h2-5,15H,6-10H2,1H3,(H,13,14). The third kappa shape index (κ3) is 4.86. The van der Waals surface area contributed by atoms with E-state index in [4.69, 9.17) is 0 Å². The van der Waals surface area contributed by atoms with Crippen molar-refractivity contribution in [3.8, 4) is 0 Å². The first-order valence-corrected chi connectivity index (χ1v) is 6.69. The molecule has 3 nitrogen and oxygen atoms in total. The van der Waals surface area contributed by atoms with Gasteiger partial charge in [-0.1, -0.05) is 18.2 Å². The van der Waals surface area contributed by atoms with Gasteiger partial charge in [0.2, 0.25) is 5.91 Å². The van der Waals surface area contributed by atoms with Gasteiger partial charge in [-0.3, -0.25) is 4.79 Å². The van der Waals surface area contributed by atoms with Crippen LogP contribution in [0.25, 0.3) is 0 Å². The summed E-state index contributed by atoms with van der Waals surface area (Å²) in [5.74, 6) is 1.80. The van der Waals surface area contributed by atoms with E-state index in [9.17, 15) is 9.90 Å². The largest absolute Gasteiger partial charge is 0.388 e. The Morgan fingerprint density at radius 1 is 1.44 bits per heavy atom. The number of hydrogen-bond donors (Lipinski definition) is 2. The van der Waals surface area contributed by atoms with E-state index < -0.39 is 5.60 Å². The second-order valence-electron chi connectivity index (χ2n) is 3.94. The minimum atomic E-state index is -0.699. The molecule has 0 bridgehead atoms. The molecule has 0 unspecified atom stereocenters. The van der Waals surface area contributed by atoms with Crippen LogP contribution in [0, 0.1) is 0 Å². The summed E-state index contributed by atoms with van der Waals surface area (Å²) in [4.78, 5) is 11.4. The van der Waals surface area contributed by atoms with E-state index in [2.05, 4.69) is 5.32 Å². The highest BCUT2D eigenvalue weighted by Gasteiger charge is 2.29. The Morgan fingerprint density at radius 3 is 2.75 bits per heavy atom. The molecule has 0 spiro atoms. The molecule has 16 heavy (non-hydrogen) atoms. The molecule has 1 heterocycles. The molecule has 90 valence electrons. The first-order chi connectivity index (χ1) is 7.66. The van der Waals surface area contributed by atoms with Crippen molar-refractivity contribution in [3.05, 3.63) is 24.3 Å². The molecule has 2 N–H and O–H groups in total. The third-order valence-corrected chi connectivity index (χ3v) is 3.55. The number of amides is 1. The van der Waals surface area contributed by atoms with Crippen molar-refractivity contribution in [2.24, 2.45) is 0 Å². The summed E-state index contributed by atoms with van der Waals surface area (Å²) in [6.07, 6.45) is 8.34. The Morgan fingerprint density at radius 2 is 2.12 bits per heavy atom. The topological polar surface area (TPSA) is 49.3 Å².